The molecular formula is C18H37N3O2. The van der Waals surface area contributed by atoms with Gasteiger partial charge >= 0.3 is 6.09 Å². The highest BCUT2D eigenvalue weighted by Gasteiger charge is 2.22. The third-order valence-corrected chi connectivity index (χ3v) is 4.36. The summed E-state index contributed by atoms with van der Waals surface area (Å²) in [6.45, 7) is 16.5. The first kappa shape index (κ1) is 20.2. The molecule has 0 aromatic rings. The second-order valence-electron chi connectivity index (χ2n) is 6.81. The van der Waals surface area contributed by atoms with Crippen molar-refractivity contribution >= 4 is 6.09 Å². The van der Waals surface area contributed by atoms with Crippen molar-refractivity contribution < 1.29 is 9.53 Å². The number of unbranched alkanes of at least 4 members (excludes halogenated alkanes) is 2. The molecule has 1 fully saturated rings. The zero-order chi connectivity index (χ0) is 17.1. The maximum Gasteiger partial charge on any atom is 0.410 e. The molecule has 1 heterocycles. The average Bonchev–Trinajstić information content (AvgIpc) is 2.54. The van der Waals surface area contributed by atoms with Gasteiger partial charge in [-0.05, 0) is 39.8 Å². The molecule has 1 amide bonds. The molecule has 0 atom stereocenters. The van der Waals surface area contributed by atoms with Crippen molar-refractivity contribution in [3.63, 3.8) is 0 Å². The van der Waals surface area contributed by atoms with Crippen molar-refractivity contribution in [3.8, 4) is 0 Å². The molecule has 0 radical (unpaired) electrons. The van der Waals surface area contributed by atoms with Crippen LogP contribution >= 0.6 is 0 Å². The average molecular weight is 328 g/mol. The van der Waals surface area contributed by atoms with Gasteiger partial charge in [-0.3, -0.25) is 4.90 Å². The molecule has 0 bridgehead atoms. The number of carbonyl (C=O) groups is 1. The predicted molar refractivity (Wildman–Crippen MR) is 95.9 cm³/mol. The lowest BCUT2D eigenvalue weighted by molar-refractivity contribution is 0.0552. The molecule has 1 rings (SSSR count). The van der Waals surface area contributed by atoms with Gasteiger partial charge in [0.1, 0.15) is 0 Å². The van der Waals surface area contributed by atoms with Crippen molar-refractivity contribution in [2.45, 2.75) is 59.5 Å². The number of carbonyl (C=O) groups excluding carboxylic acids is 1. The van der Waals surface area contributed by atoms with Crippen LogP contribution in [0.3, 0.4) is 0 Å². The number of hydrogen-bond donors (Lipinski definition) is 0. The van der Waals surface area contributed by atoms with E-state index in [2.05, 4.69) is 23.6 Å². The zero-order valence-electron chi connectivity index (χ0n) is 15.7. The Morgan fingerprint density at radius 2 is 1.57 bits per heavy atom. The standard InChI is InChI=1S/C18H37N3O2/c1-5-7-9-19(10-8-6-2)11-12-20-13-15-21(16-14-20)18(22)23-17(3)4/h17H,5-16H2,1-4H3. The van der Waals surface area contributed by atoms with Crippen LogP contribution in [0.1, 0.15) is 53.4 Å². The van der Waals surface area contributed by atoms with E-state index in [1.807, 2.05) is 18.7 Å². The predicted octanol–water partition coefficient (Wildman–Crippen LogP) is 3.05. The van der Waals surface area contributed by atoms with E-state index in [0.717, 1.165) is 39.3 Å². The van der Waals surface area contributed by atoms with Crippen LogP contribution < -0.4 is 0 Å². The molecule has 5 heteroatoms. The fraction of sp³-hybridized carbons (Fsp3) is 0.944. The van der Waals surface area contributed by atoms with Gasteiger partial charge in [-0.2, -0.15) is 0 Å². The van der Waals surface area contributed by atoms with Gasteiger partial charge in [-0.25, -0.2) is 4.79 Å². The summed E-state index contributed by atoms with van der Waals surface area (Å²) >= 11 is 0. The van der Waals surface area contributed by atoms with Crippen molar-refractivity contribution in [2.75, 3.05) is 52.4 Å². The van der Waals surface area contributed by atoms with Crippen molar-refractivity contribution in [2.24, 2.45) is 0 Å². The highest BCUT2D eigenvalue weighted by molar-refractivity contribution is 5.67. The van der Waals surface area contributed by atoms with Crippen LogP contribution in [0.2, 0.25) is 0 Å². The summed E-state index contributed by atoms with van der Waals surface area (Å²) in [5, 5.41) is 0. The van der Waals surface area contributed by atoms with Crippen LogP contribution in [0.4, 0.5) is 4.79 Å². The lowest BCUT2D eigenvalue weighted by Gasteiger charge is -2.35. The molecule has 1 aliphatic rings. The highest BCUT2D eigenvalue weighted by Crippen LogP contribution is 2.06. The van der Waals surface area contributed by atoms with Gasteiger partial charge < -0.3 is 14.5 Å². The Morgan fingerprint density at radius 3 is 2.04 bits per heavy atom. The topological polar surface area (TPSA) is 36.0 Å². The van der Waals surface area contributed by atoms with Gasteiger partial charge in [0, 0.05) is 39.3 Å². The largest absolute Gasteiger partial charge is 0.447 e. The normalized spacial score (nSPS) is 16.3. The smallest absolute Gasteiger partial charge is 0.410 e. The van der Waals surface area contributed by atoms with Gasteiger partial charge in [-0.15, -0.1) is 0 Å². The Labute approximate surface area is 142 Å². The molecule has 136 valence electrons. The first-order chi connectivity index (χ1) is 11.1. The number of ether oxygens (including phenoxy) is 1. The van der Waals surface area contributed by atoms with Crippen molar-refractivity contribution in [1.29, 1.82) is 0 Å². The summed E-state index contributed by atoms with van der Waals surface area (Å²) in [5.74, 6) is 0. The molecule has 5 nitrogen and oxygen atoms in total. The van der Waals surface area contributed by atoms with Crippen molar-refractivity contribution in [3.05, 3.63) is 0 Å². The lowest BCUT2D eigenvalue weighted by Crippen LogP contribution is -2.50. The first-order valence-electron chi connectivity index (χ1n) is 9.47. The Hall–Kier alpha value is -0.810. The summed E-state index contributed by atoms with van der Waals surface area (Å²) in [6, 6.07) is 0. The summed E-state index contributed by atoms with van der Waals surface area (Å²) in [6.07, 6.45) is 4.91. The van der Waals surface area contributed by atoms with Gasteiger partial charge in [0.25, 0.3) is 0 Å². The van der Waals surface area contributed by atoms with Crippen LogP contribution in [0, 0.1) is 0 Å². The summed E-state index contributed by atoms with van der Waals surface area (Å²) < 4.78 is 5.27. The van der Waals surface area contributed by atoms with E-state index in [9.17, 15) is 4.79 Å². The Morgan fingerprint density at radius 1 is 1.00 bits per heavy atom. The minimum atomic E-state index is -0.160. The van der Waals surface area contributed by atoms with E-state index in [1.165, 1.54) is 38.8 Å². The minimum absolute atomic E-state index is 0.0359. The quantitative estimate of drug-likeness (QED) is 0.618. The van der Waals surface area contributed by atoms with E-state index in [1.54, 1.807) is 0 Å². The maximum absolute atomic E-state index is 11.9. The van der Waals surface area contributed by atoms with E-state index >= 15 is 0 Å². The van der Waals surface area contributed by atoms with E-state index in [0.29, 0.717) is 0 Å². The van der Waals surface area contributed by atoms with E-state index in [4.69, 9.17) is 4.74 Å². The Balaban J connectivity index is 2.26. The summed E-state index contributed by atoms with van der Waals surface area (Å²) in [5.41, 5.74) is 0. The molecular weight excluding hydrogens is 290 g/mol. The molecule has 0 N–H and O–H groups in total. The van der Waals surface area contributed by atoms with Crippen LogP contribution in [0.25, 0.3) is 0 Å². The number of hydrogen-bond acceptors (Lipinski definition) is 4. The molecule has 23 heavy (non-hydrogen) atoms. The van der Waals surface area contributed by atoms with Crippen LogP contribution in [-0.2, 0) is 4.74 Å². The molecule has 0 unspecified atom stereocenters. The maximum atomic E-state index is 11.9. The molecule has 0 aromatic carbocycles. The van der Waals surface area contributed by atoms with Crippen LogP contribution in [0.15, 0.2) is 0 Å². The van der Waals surface area contributed by atoms with E-state index < -0.39 is 0 Å². The number of piperazine rings is 1. The van der Waals surface area contributed by atoms with Gasteiger partial charge in [0.2, 0.25) is 0 Å². The Bertz CT molecular complexity index is 307. The molecule has 0 saturated carbocycles. The van der Waals surface area contributed by atoms with Gasteiger partial charge in [0.05, 0.1) is 6.10 Å². The monoisotopic (exact) mass is 327 g/mol. The van der Waals surface area contributed by atoms with Gasteiger partial charge in [-0.1, -0.05) is 26.7 Å². The van der Waals surface area contributed by atoms with Gasteiger partial charge in [0.15, 0.2) is 0 Å². The fourth-order valence-corrected chi connectivity index (χ4v) is 2.81. The number of amides is 1. The third kappa shape index (κ3) is 8.56. The number of nitrogens with zero attached hydrogens (tertiary/aromatic N) is 3. The molecule has 1 saturated heterocycles. The molecule has 0 aliphatic carbocycles. The van der Waals surface area contributed by atoms with Crippen LogP contribution in [0.5, 0.6) is 0 Å². The molecule has 0 aromatic heterocycles. The van der Waals surface area contributed by atoms with E-state index in [-0.39, 0.29) is 12.2 Å². The molecule has 1 aliphatic heterocycles. The van der Waals surface area contributed by atoms with Crippen LogP contribution in [-0.4, -0.2) is 79.3 Å². The SMILES string of the molecule is CCCCN(CCCC)CCN1CCN(C(=O)OC(C)C)CC1. The summed E-state index contributed by atoms with van der Waals surface area (Å²) in [4.78, 5) is 18.8. The fourth-order valence-electron chi connectivity index (χ4n) is 2.81. The third-order valence-electron chi connectivity index (χ3n) is 4.36. The minimum Gasteiger partial charge on any atom is -0.447 e. The Kier molecular flexibility index (Phi) is 10.3. The number of rotatable bonds is 10. The second kappa shape index (κ2) is 11.7. The second-order valence-corrected chi connectivity index (χ2v) is 6.81. The summed E-state index contributed by atoms with van der Waals surface area (Å²) in [7, 11) is 0. The van der Waals surface area contributed by atoms with Crippen molar-refractivity contribution in [1.82, 2.24) is 14.7 Å². The lowest BCUT2D eigenvalue weighted by atomic mass is 10.2. The first-order valence-corrected chi connectivity index (χ1v) is 9.47. The molecule has 0 spiro atoms. The highest BCUT2D eigenvalue weighted by atomic mass is 16.6. The zero-order valence-corrected chi connectivity index (χ0v) is 15.7.